The molecule has 0 aliphatic carbocycles. The number of morpholine rings is 1. The number of hydrogen-bond acceptors (Lipinski definition) is 5. The molecule has 1 aliphatic rings. The summed E-state index contributed by atoms with van der Waals surface area (Å²) >= 11 is 1.63. The molecule has 0 saturated carbocycles. The van der Waals surface area contributed by atoms with Crippen molar-refractivity contribution in [2.75, 3.05) is 19.8 Å². The lowest BCUT2D eigenvalue weighted by Crippen LogP contribution is -2.42. The summed E-state index contributed by atoms with van der Waals surface area (Å²) in [5.74, 6) is 1.78. The van der Waals surface area contributed by atoms with E-state index in [0.717, 1.165) is 48.4 Å². The molecule has 0 spiro atoms. The molecule has 0 aromatic carbocycles. The Hall–Kier alpha value is -1.17. The maximum Gasteiger partial charge on any atom is 0.162 e. The van der Waals surface area contributed by atoms with Crippen LogP contribution in [0.5, 0.6) is 0 Å². The summed E-state index contributed by atoms with van der Waals surface area (Å²) in [6.45, 7) is 4.46. The first-order valence-corrected chi connectivity index (χ1v) is 7.01. The molecule has 1 aliphatic heterocycles. The van der Waals surface area contributed by atoms with Crippen LogP contribution in [0.15, 0.2) is 21.9 Å². The first-order valence-electron chi connectivity index (χ1n) is 6.13. The summed E-state index contributed by atoms with van der Waals surface area (Å²) in [6.07, 6.45) is 0.913. The summed E-state index contributed by atoms with van der Waals surface area (Å²) < 4.78 is 11.0. The van der Waals surface area contributed by atoms with Gasteiger partial charge >= 0.3 is 0 Å². The topological polar surface area (TPSA) is 47.3 Å². The van der Waals surface area contributed by atoms with Gasteiger partial charge in [-0.3, -0.25) is 0 Å². The number of nitrogens with zero attached hydrogens (tertiary/aromatic N) is 1. The van der Waals surface area contributed by atoms with E-state index in [4.69, 9.17) is 9.15 Å². The minimum Gasteiger partial charge on any atom is -0.459 e. The van der Waals surface area contributed by atoms with Crippen molar-refractivity contribution in [2.45, 2.75) is 19.4 Å². The molecule has 2 aromatic heterocycles. The van der Waals surface area contributed by atoms with Crippen molar-refractivity contribution in [1.82, 2.24) is 10.3 Å². The molecule has 1 atom stereocenters. The number of hydrogen-bond donors (Lipinski definition) is 1. The molecular formula is C13H16N2O2S. The Kier molecular flexibility index (Phi) is 3.45. The van der Waals surface area contributed by atoms with Crippen LogP contribution in [0.3, 0.4) is 0 Å². The largest absolute Gasteiger partial charge is 0.459 e. The molecule has 4 nitrogen and oxygen atoms in total. The van der Waals surface area contributed by atoms with Gasteiger partial charge in [0.15, 0.2) is 10.8 Å². The highest BCUT2D eigenvalue weighted by molar-refractivity contribution is 7.13. The molecule has 18 heavy (non-hydrogen) atoms. The van der Waals surface area contributed by atoms with Crippen LogP contribution in [0.4, 0.5) is 0 Å². The Balaban J connectivity index is 1.69. The average molecular weight is 264 g/mol. The van der Waals surface area contributed by atoms with Crippen LogP contribution in [-0.4, -0.2) is 30.8 Å². The van der Waals surface area contributed by atoms with Crippen LogP contribution in [0.25, 0.3) is 10.8 Å². The molecule has 1 unspecified atom stereocenters. The van der Waals surface area contributed by atoms with E-state index in [0.29, 0.717) is 6.04 Å². The summed E-state index contributed by atoms with van der Waals surface area (Å²) in [6, 6.07) is 4.32. The van der Waals surface area contributed by atoms with E-state index in [2.05, 4.69) is 15.7 Å². The number of furan rings is 1. The molecule has 1 saturated heterocycles. The van der Waals surface area contributed by atoms with Gasteiger partial charge in [0.2, 0.25) is 0 Å². The van der Waals surface area contributed by atoms with Crippen molar-refractivity contribution >= 4 is 11.3 Å². The van der Waals surface area contributed by atoms with Gasteiger partial charge in [-0.05, 0) is 19.1 Å². The van der Waals surface area contributed by atoms with E-state index in [-0.39, 0.29) is 0 Å². The monoisotopic (exact) mass is 264 g/mol. The minimum atomic E-state index is 0.382. The fourth-order valence-electron chi connectivity index (χ4n) is 2.07. The van der Waals surface area contributed by atoms with Crippen LogP contribution in [0, 0.1) is 6.92 Å². The van der Waals surface area contributed by atoms with E-state index in [9.17, 15) is 0 Å². The number of thiazole rings is 1. The maximum absolute atomic E-state index is 5.58. The van der Waals surface area contributed by atoms with Crippen molar-refractivity contribution in [1.29, 1.82) is 0 Å². The number of aryl methyl sites for hydroxylation is 1. The molecule has 2 aromatic rings. The van der Waals surface area contributed by atoms with Gasteiger partial charge in [0.25, 0.3) is 0 Å². The molecule has 96 valence electrons. The van der Waals surface area contributed by atoms with Crippen molar-refractivity contribution in [3.05, 3.63) is 29.0 Å². The van der Waals surface area contributed by atoms with E-state index in [1.165, 1.54) is 0 Å². The number of ether oxygens (including phenoxy) is 1. The molecule has 1 N–H and O–H groups in total. The lowest BCUT2D eigenvalue weighted by atomic mass is 10.1. The summed E-state index contributed by atoms with van der Waals surface area (Å²) in [5.41, 5.74) is 1.10. The lowest BCUT2D eigenvalue weighted by Gasteiger charge is -2.22. The number of aromatic nitrogens is 1. The average Bonchev–Trinajstić information content (AvgIpc) is 2.99. The highest BCUT2D eigenvalue weighted by Gasteiger charge is 2.16. The third-order valence-electron chi connectivity index (χ3n) is 2.96. The summed E-state index contributed by atoms with van der Waals surface area (Å²) in [5, 5.41) is 6.49. The van der Waals surface area contributed by atoms with Crippen LogP contribution < -0.4 is 5.32 Å². The zero-order chi connectivity index (χ0) is 12.4. The predicted octanol–water partition coefficient (Wildman–Crippen LogP) is 2.24. The van der Waals surface area contributed by atoms with Crippen LogP contribution in [-0.2, 0) is 11.2 Å². The van der Waals surface area contributed by atoms with Gasteiger partial charge in [0, 0.05) is 24.4 Å². The van der Waals surface area contributed by atoms with Gasteiger partial charge in [-0.2, -0.15) is 0 Å². The van der Waals surface area contributed by atoms with Crippen LogP contribution in [0.2, 0.25) is 0 Å². The molecule has 0 bridgehead atoms. The zero-order valence-corrected chi connectivity index (χ0v) is 11.1. The number of rotatable bonds is 3. The maximum atomic E-state index is 5.58. The van der Waals surface area contributed by atoms with Crippen molar-refractivity contribution in [3.63, 3.8) is 0 Å². The van der Waals surface area contributed by atoms with Gasteiger partial charge in [-0.15, -0.1) is 11.3 Å². The molecule has 1 fully saturated rings. The van der Waals surface area contributed by atoms with E-state index in [1.54, 1.807) is 11.3 Å². The lowest BCUT2D eigenvalue weighted by molar-refractivity contribution is 0.0767. The smallest absolute Gasteiger partial charge is 0.162 e. The van der Waals surface area contributed by atoms with E-state index >= 15 is 0 Å². The minimum absolute atomic E-state index is 0.382. The second-order valence-electron chi connectivity index (χ2n) is 4.48. The SMILES string of the molecule is Cc1ccc(-c2nc(CC3COCCN3)cs2)o1. The first-order chi connectivity index (χ1) is 8.81. The van der Waals surface area contributed by atoms with Gasteiger partial charge < -0.3 is 14.5 Å². The second kappa shape index (κ2) is 5.22. The Bertz CT molecular complexity index is 515. The third kappa shape index (κ3) is 2.63. The highest BCUT2D eigenvalue weighted by Crippen LogP contribution is 2.26. The van der Waals surface area contributed by atoms with Gasteiger partial charge in [0.1, 0.15) is 5.76 Å². The van der Waals surface area contributed by atoms with Crippen molar-refractivity contribution in [3.8, 4) is 10.8 Å². The molecule has 5 heteroatoms. The van der Waals surface area contributed by atoms with Crippen LogP contribution >= 0.6 is 11.3 Å². The molecule has 3 rings (SSSR count). The highest BCUT2D eigenvalue weighted by atomic mass is 32.1. The standard InChI is InChI=1S/C13H16N2O2S/c1-9-2-3-12(17-9)13-15-11(8-18-13)6-10-7-16-5-4-14-10/h2-3,8,10,14H,4-7H2,1H3. The second-order valence-corrected chi connectivity index (χ2v) is 5.34. The van der Waals surface area contributed by atoms with Gasteiger partial charge in [0.05, 0.1) is 18.9 Å². The predicted molar refractivity (Wildman–Crippen MR) is 70.9 cm³/mol. The summed E-state index contributed by atoms with van der Waals surface area (Å²) in [7, 11) is 0. The molecule has 0 amide bonds. The molecular weight excluding hydrogens is 248 g/mol. The number of nitrogens with one attached hydrogen (secondary N) is 1. The van der Waals surface area contributed by atoms with Crippen molar-refractivity contribution < 1.29 is 9.15 Å². The molecule has 3 heterocycles. The third-order valence-corrected chi connectivity index (χ3v) is 3.86. The Morgan fingerprint density at radius 1 is 1.50 bits per heavy atom. The Labute approximate surface area is 110 Å². The fraction of sp³-hybridized carbons (Fsp3) is 0.462. The quantitative estimate of drug-likeness (QED) is 0.923. The van der Waals surface area contributed by atoms with Gasteiger partial charge in [-0.1, -0.05) is 0 Å². The molecule has 0 radical (unpaired) electrons. The van der Waals surface area contributed by atoms with E-state index in [1.807, 2.05) is 19.1 Å². The first kappa shape index (κ1) is 11.9. The van der Waals surface area contributed by atoms with Gasteiger partial charge in [-0.25, -0.2) is 4.98 Å². The fourth-order valence-corrected chi connectivity index (χ4v) is 2.86. The van der Waals surface area contributed by atoms with Crippen LogP contribution in [0.1, 0.15) is 11.5 Å². The zero-order valence-electron chi connectivity index (χ0n) is 10.3. The summed E-state index contributed by atoms with van der Waals surface area (Å²) in [4.78, 5) is 4.62. The van der Waals surface area contributed by atoms with E-state index < -0.39 is 0 Å². The normalized spacial score (nSPS) is 20.2. The Morgan fingerprint density at radius 3 is 3.17 bits per heavy atom. The van der Waals surface area contributed by atoms with Crippen molar-refractivity contribution in [2.24, 2.45) is 0 Å². The Morgan fingerprint density at radius 2 is 2.44 bits per heavy atom.